The number of halogens is 1. The highest BCUT2D eigenvalue weighted by Gasteiger charge is 1.95. The second-order valence-electron chi connectivity index (χ2n) is 3.15. The second kappa shape index (κ2) is 4.86. The summed E-state index contributed by atoms with van der Waals surface area (Å²) in [6.07, 6.45) is 0. The van der Waals surface area contributed by atoms with E-state index in [9.17, 15) is 0 Å². The fourth-order valence-electron chi connectivity index (χ4n) is 1.02. The molecule has 0 heterocycles. The van der Waals surface area contributed by atoms with Crippen LogP contribution in [0.2, 0.25) is 0 Å². The first-order chi connectivity index (χ1) is 6.63. The molecule has 1 rings (SSSR count). The van der Waals surface area contributed by atoms with Crippen molar-refractivity contribution in [3.05, 3.63) is 24.3 Å². The molecule has 0 bridgehead atoms. The Bertz CT molecular complexity index is 317. The Hall–Kier alpha value is -1.22. The van der Waals surface area contributed by atoms with Crippen LogP contribution >= 0.6 is 11.6 Å². The number of rotatable bonds is 3. The Kier molecular flexibility index (Phi) is 3.77. The van der Waals surface area contributed by atoms with Crippen LogP contribution in [-0.2, 0) is 0 Å². The first-order valence-electron chi connectivity index (χ1n) is 4.30. The average Bonchev–Trinajstić information content (AvgIpc) is 2.18. The topological polar surface area (TPSA) is 41.6 Å². The lowest BCUT2D eigenvalue weighted by Gasteiger charge is -2.11. The maximum absolute atomic E-state index is 5.52. The summed E-state index contributed by atoms with van der Waals surface area (Å²) in [5.74, 6) is 0.694. The van der Waals surface area contributed by atoms with E-state index in [1.54, 1.807) is 0 Å². The van der Waals surface area contributed by atoms with E-state index in [4.69, 9.17) is 17.3 Å². The zero-order valence-electron chi connectivity index (χ0n) is 8.37. The highest BCUT2D eigenvalue weighted by Crippen LogP contribution is 2.17. The van der Waals surface area contributed by atoms with Crippen molar-refractivity contribution in [2.75, 3.05) is 24.9 Å². The number of alkyl halides is 1. The predicted molar refractivity (Wildman–Crippen MR) is 62.8 cm³/mol. The molecule has 3 nitrogen and oxygen atoms in total. The summed E-state index contributed by atoms with van der Waals surface area (Å²) in [5, 5.41) is 0. The minimum absolute atomic E-state index is 0.259. The van der Waals surface area contributed by atoms with Gasteiger partial charge in [0.25, 0.3) is 0 Å². The van der Waals surface area contributed by atoms with Crippen LogP contribution in [0.4, 0.5) is 11.4 Å². The Labute approximate surface area is 89.2 Å². The van der Waals surface area contributed by atoms with Crippen molar-refractivity contribution < 1.29 is 0 Å². The summed E-state index contributed by atoms with van der Waals surface area (Å²) >= 11 is 5.52. The van der Waals surface area contributed by atoms with Gasteiger partial charge in [-0.1, -0.05) is 0 Å². The van der Waals surface area contributed by atoms with Gasteiger partial charge in [0.2, 0.25) is 0 Å². The molecule has 14 heavy (non-hydrogen) atoms. The van der Waals surface area contributed by atoms with E-state index in [1.807, 2.05) is 43.3 Å². The summed E-state index contributed by atoms with van der Waals surface area (Å²) < 4.78 is 0. The third kappa shape index (κ3) is 2.92. The standard InChI is InChI=1S/C10H14ClN3/c1-14(2)9-5-3-8(4-6-9)13-10(12)7-11/h3-6H,7H2,1-2H3,(H2,12,13). The van der Waals surface area contributed by atoms with Crippen LogP contribution in [0.15, 0.2) is 29.3 Å². The third-order valence-electron chi connectivity index (χ3n) is 1.78. The van der Waals surface area contributed by atoms with Gasteiger partial charge in [-0.05, 0) is 24.3 Å². The molecule has 0 unspecified atom stereocenters. The predicted octanol–water partition coefficient (Wildman–Crippen LogP) is 1.98. The highest BCUT2D eigenvalue weighted by atomic mass is 35.5. The first kappa shape index (κ1) is 10.9. The fourth-order valence-corrected chi connectivity index (χ4v) is 1.08. The SMILES string of the molecule is CN(C)c1ccc(N=C(N)CCl)cc1. The van der Waals surface area contributed by atoms with Crippen LogP contribution < -0.4 is 10.6 Å². The van der Waals surface area contributed by atoms with E-state index >= 15 is 0 Å². The van der Waals surface area contributed by atoms with Crippen molar-refractivity contribution in [1.82, 2.24) is 0 Å². The molecule has 1 aromatic carbocycles. The summed E-state index contributed by atoms with van der Waals surface area (Å²) in [6, 6.07) is 7.80. The summed E-state index contributed by atoms with van der Waals surface area (Å²) in [4.78, 5) is 6.15. The number of amidine groups is 1. The fraction of sp³-hybridized carbons (Fsp3) is 0.300. The average molecular weight is 212 g/mol. The molecular weight excluding hydrogens is 198 g/mol. The van der Waals surface area contributed by atoms with Gasteiger partial charge >= 0.3 is 0 Å². The van der Waals surface area contributed by atoms with Crippen LogP contribution in [0.1, 0.15) is 0 Å². The van der Waals surface area contributed by atoms with Crippen molar-refractivity contribution in [3.8, 4) is 0 Å². The molecular formula is C10H14ClN3. The Balaban J connectivity index is 2.84. The molecule has 1 aromatic rings. The monoisotopic (exact) mass is 211 g/mol. The van der Waals surface area contributed by atoms with Gasteiger partial charge in [0.1, 0.15) is 5.84 Å². The molecule has 4 heteroatoms. The van der Waals surface area contributed by atoms with E-state index < -0.39 is 0 Å². The molecule has 0 aromatic heterocycles. The summed E-state index contributed by atoms with van der Waals surface area (Å²) in [5.41, 5.74) is 7.47. The maximum Gasteiger partial charge on any atom is 0.115 e. The number of aliphatic imine (C=N–C) groups is 1. The Morgan fingerprint density at radius 3 is 2.36 bits per heavy atom. The molecule has 0 saturated heterocycles. The third-order valence-corrected chi connectivity index (χ3v) is 2.05. The van der Waals surface area contributed by atoms with Crippen molar-refractivity contribution in [1.29, 1.82) is 0 Å². The highest BCUT2D eigenvalue weighted by molar-refractivity contribution is 6.28. The van der Waals surface area contributed by atoms with Gasteiger partial charge in [-0.15, -0.1) is 11.6 Å². The first-order valence-corrected chi connectivity index (χ1v) is 4.83. The van der Waals surface area contributed by atoms with Crippen LogP contribution in [0.3, 0.4) is 0 Å². The molecule has 0 spiro atoms. The molecule has 0 atom stereocenters. The minimum atomic E-state index is 0.259. The number of hydrogen-bond donors (Lipinski definition) is 1. The molecule has 76 valence electrons. The van der Waals surface area contributed by atoms with Gasteiger partial charge in [0.15, 0.2) is 0 Å². The lowest BCUT2D eigenvalue weighted by Crippen LogP contribution is -2.12. The molecule has 2 N–H and O–H groups in total. The lowest BCUT2D eigenvalue weighted by atomic mass is 10.3. The molecule has 0 amide bonds. The van der Waals surface area contributed by atoms with E-state index in [-0.39, 0.29) is 5.88 Å². The van der Waals surface area contributed by atoms with Crippen molar-refractivity contribution >= 4 is 28.8 Å². The number of hydrogen-bond acceptors (Lipinski definition) is 2. The summed E-state index contributed by atoms with van der Waals surface area (Å²) in [7, 11) is 3.98. The van der Waals surface area contributed by atoms with Crippen LogP contribution in [0.5, 0.6) is 0 Å². The largest absolute Gasteiger partial charge is 0.386 e. The Morgan fingerprint density at radius 2 is 1.93 bits per heavy atom. The van der Waals surface area contributed by atoms with Crippen molar-refractivity contribution in [2.45, 2.75) is 0 Å². The molecule has 0 aliphatic carbocycles. The van der Waals surface area contributed by atoms with Crippen molar-refractivity contribution in [2.24, 2.45) is 10.7 Å². The zero-order chi connectivity index (χ0) is 10.6. The van der Waals surface area contributed by atoms with Crippen LogP contribution in [-0.4, -0.2) is 25.8 Å². The normalized spacial score (nSPS) is 11.5. The number of anilines is 1. The number of benzene rings is 1. The van der Waals surface area contributed by atoms with Gasteiger partial charge in [0.05, 0.1) is 11.6 Å². The van der Waals surface area contributed by atoms with Gasteiger partial charge < -0.3 is 10.6 Å². The minimum Gasteiger partial charge on any atom is -0.386 e. The van der Waals surface area contributed by atoms with Gasteiger partial charge in [0, 0.05) is 19.8 Å². The second-order valence-corrected chi connectivity index (χ2v) is 3.41. The van der Waals surface area contributed by atoms with Gasteiger partial charge in [-0.2, -0.15) is 0 Å². The van der Waals surface area contributed by atoms with Gasteiger partial charge in [-0.3, -0.25) is 0 Å². The quantitative estimate of drug-likeness (QED) is 0.472. The van der Waals surface area contributed by atoms with Crippen LogP contribution in [0.25, 0.3) is 0 Å². The van der Waals surface area contributed by atoms with Crippen molar-refractivity contribution in [3.63, 3.8) is 0 Å². The van der Waals surface area contributed by atoms with E-state index in [0.717, 1.165) is 11.4 Å². The molecule has 0 fully saturated rings. The lowest BCUT2D eigenvalue weighted by molar-refractivity contribution is 1.13. The zero-order valence-corrected chi connectivity index (χ0v) is 9.12. The van der Waals surface area contributed by atoms with Crippen LogP contribution in [0, 0.1) is 0 Å². The van der Waals surface area contributed by atoms with E-state index in [1.165, 1.54) is 0 Å². The van der Waals surface area contributed by atoms with Gasteiger partial charge in [-0.25, -0.2) is 4.99 Å². The smallest absolute Gasteiger partial charge is 0.115 e. The molecule has 0 radical (unpaired) electrons. The Morgan fingerprint density at radius 1 is 1.36 bits per heavy atom. The number of nitrogens with two attached hydrogens (primary N) is 1. The van der Waals surface area contributed by atoms with E-state index in [2.05, 4.69) is 4.99 Å². The number of nitrogens with zero attached hydrogens (tertiary/aromatic N) is 2. The molecule has 0 saturated carbocycles. The molecule has 0 aliphatic rings. The maximum atomic E-state index is 5.52. The molecule has 0 aliphatic heterocycles. The summed E-state index contributed by atoms with van der Waals surface area (Å²) in [6.45, 7) is 0. The van der Waals surface area contributed by atoms with E-state index in [0.29, 0.717) is 5.84 Å².